The fraction of sp³-hybridized carbons (Fsp3) is 0. The molecule has 0 atom stereocenters. The van der Waals surface area contributed by atoms with Gasteiger partial charge in [-0.25, -0.2) is 0 Å². The fourth-order valence-electron chi connectivity index (χ4n) is 0.996. The summed E-state index contributed by atoms with van der Waals surface area (Å²) in [6.07, 6.45) is 5.43. The van der Waals surface area contributed by atoms with E-state index in [4.69, 9.17) is 11.6 Å². The van der Waals surface area contributed by atoms with Crippen LogP contribution in [0.3, 0.4) is 0 Å². The SMILES string of the molecule is C=C/C=C\C(=C)c1ccccc1Cl. The van der Waals surface area contributed by atoms with Gasteiger partial charge in [-0.2, -0.15) is 0 Å². The molecule has 1 aromatic carbocycles. The van der Waals surface area contributed by atoms with Crippen molar-refractivity contribution in [3.05, 3.63) is 66.2 Å². The number of halogens is 1. The van der Waals surface area contributed by atoms with Crippen LogP contribution in [-0.4, -0.2) is 0 Å². The maximum atomic E-state index is 5.98. The summed E-state index contributed by atoms with van der Waals surface area (Å²) in [5.74, 6) is 0. The van der Waals surface area contributed by atoms with Gasteiger partial charge in [-0.1, -0.05) is 61.2 Å². The van der Waals surface area contributed by atoms with Gasteiger partial charge in [-0.3, -0.25) is 0 Å². The molecule has 0 amide bonds. The van der Waals surface area contributed by atoms with Crippen molar-refractivity contribution < 1.29 is 0 Å². The minimum Gasteiger partial charge on any atom is -0.0991 e. The van der Waals surface area contributed by atoms with E-state index in [9.17, 15) is 0 Å². The standard InChI is InChI=1S/C12H11Cl/c1-3-4-7-10(2)11-8-5-6-9-12(11)13/h3-9H,1-2H2/b7-4-. The van der Waals surface area contributed by atoms with Crippen LogP contribution in [0, 0.1) is 0 Å². The molecule has 0 saturated carbocycles. The predicted octanol–water partition coefficient (Wildman–Crippen LogP) is 4.10. The first-order chi connectivity index (χ1) is 6.25. The second-order valence-electron chi connectivity index (χ2n) is 2.60. The lowest BCUT2D eigenvalue weighted by atomic mass is 10.1. The molecule has 66 valence electrons. The third-order valence-electron chi connectivity index (χ3n) is 1.65. The van der Waals surface area contributed by atoms with Gasteiger partial charge in [0.1, 0.15) is 0 Å². The number of hydrogen-bond donors (Lipinski definition) is 0. The highest BCUT2D eigenvalue weighted by Gasteiger charge is 1.98. The molecule has 0 nitrogen and oxygen atoms in total. The summed E-state index contributed by atoms with van der Waals surface area (Å²) in [5.41, 5.74) is 1.85. The molecule has 1 heteroatoms. The van der Waals surface area contributed by atoms with E-state index >= 15 is 0 Å². The quantitative estimate of drug-likeness (QED) is 0.630. The van der Waals surface area contributed by atoms with Gasteiger partial charge < -0.3 is 0 Å². The molecule has 0 radical (unpaired) electrons. The Bertz CT molecular complexity index is 348. The maximum Gasteiger partial charge on any atom is 0.0484 e. The minimum atomic E-state index is 0.723. The Morgan fingerprint density at radius 2 is 2.00 bits per heavy atom. The van der Waals surface area contributed by atoms with E-state index in [1.165, 1.54) is 0 Å². The Balaban J connectivity index is 2.95. The van der Waals surface area contributed by atoms with Gasteiger partial charge in [0.05, 0.1) is 0 Å². The van der Waals surface area contributed by atoms with Crippen LogP contribution in [0.4, 0.5) is 0 Å². The zero-order valence-corrected chi connectivity index (χ0v) is 8.09. The zero-order valence-electron chi connectivity index (χ0n) is 7.33. The van der Waals surface area contributed by atoms with E-state index in [1.807, 2.05) is 36.4 Å². The Labute approximate surface area is 83.9 Å². The number of benzene rings is 1. The molecule has 1 rings (SSSR count). The van der Waals surface area contributed by atoms with Gasteiger partial charge in [0.15, 0.2) is 0 Å². The molecule has 0 spiro atoms. The molecular weight excluding hydrogens is 180 g/mol. The second-order valence-corrected chi connectivity index (χ2v) is 3.01. The average Bonchev–Trinajstić information content (AvgIpc) is 2.15. The number of rotatable bonds is 3. The van der Waals surface area contributed by atoms with Gasteiger partial charge in [0.25, 0.3) is 0 Å². The summed E-state index contributed by atoms with van der Waals surface area (Å²) in [6, 6.07) is 7.63. The smallest absolute Gasteiger partial charge is 0.0484 e. The normalized spacial score (nSPS) is 10.2. The molecule has 0 unspecified atom stereocenters. The minimum absolute atomic E-state index is 0.723. The van der Waals surface area contributed by atoms with Gasteiger partial charge in [0.2, 0.25) is 0 Å². The predicted molar refractivity (Wildman–Crippen MR) is 59.8 cm³/mol. The highest BCUT2D eigenvalue weighted by atomic mass is 35.5. The average molecular weight is 191 g/mol. The van der Waals surface area contributed by atoms with Crippen molar-refractivity contribution in [2.24, 2.45) is 0 Å². The van der Waals surface area contributed by atoms with Crippen molar-refractivity contribution in [2.75, 3.05) is 0 Å². The molecule has 0 aromatic heterocycles. The number of hydrogen-bond acceptors (Lipinski definition) is 0. The van der Waals surface area contributed by atoms with Gasteiger partial charge >= 0.3 is 0 Å². The molecule has 0 fully saturated rings. The van der Waals surface area contributed by atoms with Crippen LogP contribution in [0.15, 0.2) is 55.7 Å². The summed E-state index contributed by atoms with van der Waals surface area (Å²) in [5, 5.41) is 0.723. The van der Waals surface area contributed by atoms with Crippen LogP contribution in [0.25, 0.3) is 5.57 Å². The van der Waals surface area contributed by atoms with Crippen molar-refractivity contribution in [1.29, 1.82) is 0 Å². The van der Waals surface area contributed by atoms with Crippen LogP contribution in [-0.2, 0) is 0 Å². The molecule has 1 aromatic rings. The monoisotopic (exact) mass is 190 g/mol. The van der Waals surface area contributed by atoms with E-state index in [2.05, 4.69) is 13.2 Å². The Kier molecular flexibility index (Phi) is 3.53. The molecule has 13 heavy (non-hydrogen) atoms. The van der Waals surface area contributed by atoms with Gasteiger partial charge in [-0.05, 0) is 17.2 Å². The van der Waals surface area contributed by atoms with Crippen molar-refractivity contribution in [1.82, 2.24) is 0 Å². The summed E-state index contributed by atoms with van der Waals surface area (Å²) >= 11 is 5.98. The van der Waals surface area contributed by atoms with Crippen molar-refractivity contribution >= 4 is 17.2 Å². The van der Waals surface area contributed by atoms with Gasteiger partial charge in [-0.15, -0.1) is 0 Å². The molecule has 0 heterocycles. The fourth-order valence-corrected chi connectivity index (χ4v) is 1.25. The van der Waals surface area contributed by atoms with E-state index in [0.717, 1.165) is 16.2 Å². The third-order valence-corrected chi connectivity index (χ3v) is 1.98. The third kappa shape index (κ3) is 2.60. The molecule has 0 saturated heterocycles. The van der Waals surface area contributed by atoms with Crippen LogP contribution < -0.4 is 0 Å². The summed E-state index contributed by atoms with van der Waals surface area (Å²) in [6.45, 7) is 7.49. The molecule has 0 aliphatic rings. The molecule has 0 aliphatic heterocycles. The Morgan fingerprint density at radius 3 is 2.62 bits per heavy atom. The van der Waals surface area contributed by atoms with Crippen molar-refractivity contribution in [3.63, 3.8) is 0 Å². The van der Waals surface area contributed by atoms with Crippen molar-refractivity contribution in [3.8, 4) is 0 Å². The lowest BCUT2D eigenvalue weighted by Gasteiger charge is -2.01. The highest BCUT2D eigenvalue weighted by Crippen LogP contribution is 2.22. The summed E-state index contributed by atoms with van der Waals surface area (Å²) < 4.78 is 0. The van der Waals surface area contributed by atoms with Crippen LogP contribution in [0.2, 0.25) is 5.02 Å². The molecule has 0 aliphatic carbocycles. The van der Waals surface area contributed by atoms with Crippen LogP contribution in [0.1, 0.15) is 5.56 Å². The Morgan fingerprint density at radius 1 is 1.31 bits per heavy atom. The maximum absolute atomic E-state index is 5.98. The molecule has 0 bridgehead atoms. The lowest BCUT2D eigenvalue weighted by Crippen LogP contribution is -1.79. The zero-order chi connectivity index (χ0) is 9.68. The van der Waals surface area contributed by atoms with E-state index in [1.54, 1.807) is 6.08 Å². The first-order valence-corrected chi connectivity index (χ1v) is 4.36. The molecular formula is C12H11Cl. The summed E-state index contributed by atoms with van der Waals surface area (Å²) in [4.78, 5) is 0. The first kappa shape index (κ1) is 9.82. The van der Waals surface area contributed by atoms with Crippen molar-refractivity contribution in [2.45, 2.75) is 0 Å². The van der Waals surface area contributed by atoms with E-state index in [0.29, 0.717) is 0 Å². The second kappa shape index (κ2) is 4.68. The van der Waals surface area contributed by atoms with Crippen LogP contribution in [0.5, 0.6) is 0 Å². The topological polar surface area (TPSA) is 0 Å². The number of allylic oxidation sites excluding steroid dienone is 4. The highest BCUT2D eigenvalue weighted by molar-refractivity contribution is 6.32. The largest absolute Gasteiger partial charge is 0.0991 e. The van der Waals surface area contributed by atoms with E-state index in [-0.39, 0.29) is 0 Å². The van der Waals surface area contributed by atoms with Gasteiger partial charge in [0, 0.05) is 5.02 Å². The summed E-state index contributed by atoms with van der Waals surface area (Å²) in [7, 11) is 0. The molecule has 0 N–H and O–H groups in total. The lowest BCUT2D eigenvalue weighted by molar-refractivity contribution is 1.63. The Hall–Kier alpha value is -1.27. The van der Waals surface area contributed by atoms with E-state index < -0.39 is 0 Å². The first-order valence-electron chi connectivity index (χ1n) is 3.98. The van der Waals surface area contributed by atoms with Crippen LogP contribution >= 0.6 is 11.6 Å².